The van der Waals surface area contributed by atoms with E-state index in [1.165, 1.54) is 0 Å². The molecular weight excluding hydrogens is 84.1 g/mol. The molecule has 0 saturated heterocycles. The summed E-state index contributed by atoms with van der Waals surface area (Å²) in [6.45, 7) is 1.91. The van der Waals surface area contributed by atoms with E-state index in [0.717, 1.165) is 0 Å². The average Bonchev–Trinajstić information content (AvgIpc) is 1.38. The normalized spacial score (nSPS) is 15.0. The lowest BCUT2D eigenvalue weighted by Crippen LogP contribution is -1.95. The molecule has 1 atom stereocenters. The molecule has 0 spiro atoms. The second kappa shape index (κ2) is 2.54. The molecule has 0 saturated carbocycles. The first-order chi connectivity index (χ1) is 2.27. The van der Waals surface area contributed by atoms with Gasteiger partial charge in [0, 0.05) is 5.25 Å². The van der Waals surface area contributed by atoms with Gasteiger partial charge < -0.3 is 5.11 Å². The Hall–Kier alpha value is 0.310. The molecule has 0 aromatic heterocycles. The Morgan fingerprint density at radius 2 is 2.20 bits per heavy atom. The van der Waals surface area contributed by atoms with E-state index in [1.807, 2.05) is 0 Å². The van der Waals surface area contributed by atoms with Gasteiger partial charge in [0.05, 0.1) is 6.61 Å². The summed E-state index contributed by atoms with van der Waals surface area (Å²) in [5, 5.41) is 8.06. The summed E-state index contributed by atoms with van der Waals surface area (Å²) in [6, 6.07) is 0. The van der Waals surface area contributed by atoms with E-state index in [1.54, 1.807) is 6.92 Å². The van der Waals surface area contributed by atoms with Crippen LogP contribution in [-0.4, -0.2) is 17.0 Å². The van der Waals surface area contributed by atoms with Crippen molar-refractivity contribution in [1.29, 1.82) is 0 Å². The monoisotopic (exact) mass is 91.0 g/mol. The Bertz CT molecular complexity index is 20.9. The van der Waals surface area contributed by atoms with Crippen LogP contribution in [0.3, 0.4) is 0 Å². The third-order valence-electron chi connectivity index (χ3n) is 0.257. The molecule has 0 aliphatic heterocycles. The van der Waals surface area contributed by atoms with E-state index >= 15 is 0 Å². The molecule has 1 unspecified atom stereocenters. The average molecular weight is 91.2 g/mol. The number of aliphatic hydroxyl groups excluding tert-OH is 1. The second-order valence-corrected chi connectivity index (χ2v) is 1.80. The molecule has 0 bridgehead atoms. The Kier molecular flexibility index (Phi) is 2.70. The summed E-state index contributed by atoms with van der Waals surface area (Å²) in [5.74, 6) is 0. The van der Waals surface area contributed by atoms with Crippen molar-refractivity contribution in [3.05, 3.63) is 0 Å². The lowest BCUT2D eigenvalue weighted by atomic mass is 10.5. The number of hydrogen-bond acceptors (Lipinski definition) is 1. The molecule has 5 heavy (non-hydrogen) atoms. The first kappa shape index (κ1) is 5.31. The molecular formula is C3H7OS. The highest BCUT2D eigenvalue weighted by Gasteiger charge is 1.84. The first-order valence-corrected chi connectivity index (χ1v) is 2.01. The lowest BCUT2D eigenvalue weighted by molar-refractivity contribution is 0.300. The van der Waals surface area contributed by atoms with Gasteiger partial charge >= 0.3 is 0 Å². The Labute approximate surface area is 37.4 Å². The van der Waals surface area contributed by atoms with Crippen molar-refractivity contribution in [3.63, 3.8) is 0 Å². The minimum atomic E-state index is 0.0231. The van der Waals surface area contributed by atoms with E-state index in [-0.39, 0.29) is 11.9 Å². The van der Waals surface area contributed by atoms with Gasteiger partial charge in [-0.3, -0.25) is 0 Å². The van der Waals surface area contributed by atoms with Gasteiger partial charge in [-0.25, -0.2) is 0 Å². The van der Waals surface area contributed by atoms with Crippen LogP contribution in [0.15, 0.2) is 0 Å². The Balaban J connectivity index is 2.54. The van der Waals surface area contributed by atoms with Crippen molar-refractivity contribution >= 4 is 12.6 Å². The standard InChI is InChI=1S/C3H7OS/c1-3(5)2-4/h3-4H,2H2,1H3. The molecule has 0 aliphatic carbocycles. The van der Waals surface area contributed by atoms with Gasteiger partial charge in [0.25, 0.3) is 0 Å². The Morgan fingerprint density at radius 3 is 2.20 bits per heavy atom. The van der Waals surface area contributed by atoms with Crippen LogP contribution < -0.4 is 0 Å². The van der Waals surface area contributed by atoms with Gasteiger partial charge in [0.2, 0.25) is 0 Å². The maximum absolute atomic E-state index is 8.04. The van der Waals surface area contributed by atoms with Gasteiger partial charge in [-0.2, -0.15) is 0 Å². The van der Waals surface area contributed by atoms with Crippen molar-refractivity contribution in [2.45, 2.75) is 12.2 Å². The fraction of sp³-hybridized carbons (Fsp3) is 1.00. The fourth-order valence-corrected chi connectivity index (χ4v) is 0. The predicted octanol–water partition coefficient (Wildman–Crippen LogP) is 0.565. The third kappa shape index (κ3) is 4.31. The van der Waals surface area contributed by atoms with Crippen LogP contribution >= 0.6 is 12.6 Å². The van der Waals surface area contributed by atoms with Gasteiger partial charge in [-0.1, -0.05) is 19.6 Å². The minimum Gasteiger partial charge on any atom is -0.395 e. The molecule has 1 N–H and O–H groups in total. The molecule has 2 heteroatoms. The van der Waals surface area contributed by atoms with Crippen LogP contribution in [-0.2, 0) is 0 Å². The molecule has 31 valence electrons. The van der Waals surface area contributed by atoms with Gasteiger partial charge in [-0.15, -0.1) is 0 Å². The van der Waals surface area contributed by atoms with Crippen LogP contribution in [0.1, 0.15) is 6.92 Å². The highest BCUT2D eigenvalue weighted by atomic mass is 32.1. The van der Waals surface area contributed by atoms with Gasteiger partial charge in [0.15, 0.2) is 0 Å². The summed E-state index contributed by atoms with van der Waals surface area (Å²) in [5.41, 5.74) is 0. The molecule has 0 aromatic rings. The number of aliphatic hydroxyl groups is 1. The predicted molar refractivity (Wildman–Crippen MR) is 24.1 cm³/mol. The van der Waals surface area contributed by atoms with E-state index in [2.05, 4.69) is 12.6 Å². The maximum Gasteiger partial charge on any atom is 0.0555 e. The van der Waals surface area contributed by atoms with Crippen molar-refractivity contribution in [2.75, 3.05) is 6.61 Å². The number of hydrogen-bond donors (Lipinski definition) is 1. The molecule has 1 radical (unpaired) electrons. The minimum absolute atomic E-state index is 0.0231. The molecule has 0 aromatic carbocycles. The highest BCUT2D eigenvalue weighted by molar-refractivity contribution is 7.80. The summed E-state index contributed by atoms with van der Waals surface area (Å²) in [4.78, 5) is 0. The largest absolute Gasteiger partial charge is 0.395 e. The van der Waals surface area contributed by atoms with Crippen LogP contribution in [0.4, 0.5) is 0 Å². The van der Waals surface area contributed by atoms with E-state index in [4.69, 9.17) is 5.11 Å². The topological polar surface area (TPSA) is 20.2 Å². The SMILES string of the molecule is CC([S])CO. The molecule has 0 aliphatic rings. The summed E-state index contributed by atoms with van der Waals surface area (Å²) < 4.78 is 0. The second-order valence-electron chi connectivity index (χ2n) is 0.993. The van der Waals surface area contributed by atoms with Crippen molar-refractivity contribution in [1.82, 2.24) is 0 Å². The quantitative estimate of drug-likeness (QED) is 0.500. The van der Waals surface area contributed by atoms with E-state index in [9.17, 15) is 0 Å². The summed E-state index contributed by atoms with van der Waals surface area (Å²) in [6.07, 6.45) is 0. The lowest BCUT2D eigenvalue weighted by Gasteiger charge is -1.87. The highest BCUT2D eigenvalue weighted by Crippen LogP contribution is 1.85. The van der Waals surface area contributed by atoms with E-state index < -0.39 is 0 Å². The maximum atomic E-state index is 8.04. The van der Waals surface area contributed by atoms with Crippen molar-refractivity contribution in [2.24, 2.45) is 0 Å². The Morgan fingerprint density at radius 1 is 2.00 bits per heavy atom. The molecule has 1 nitrogen and oxygen atoms in total. The molecule has 0 amide bonds. The first-order valence-electron chi connectivity index (χ1n) is 1.54. The summed E-state index contributed by atoms with van der Waals surface area (Å²) in [7, 11) is 0. The van der Waals surface area contributed by atoms with Crippen molar-refractivity contribution in [3.8, 4) is 0 Å². The number of rotatable bonds is 1. The van der Waals surface area contributed by atoms with Crippen LogP contribution in [0, 0.1) is 0 Å². The molecule has 0 fully saturated rings. The zero-order valence-electron chi connectivity index (χ0n) is 3.14. The smallest absolute Gasteiger partial charge is 0.0555 e. The zero-order valence-corrected chi connectivity index (χ0v) is 3.96. The van der Waals surface area contributed by atoms with E-state index in [0.29, 0.717) is 0 Å². The van der Waals surface area contributed by atoms with Crippen molar-refractivity contribution < 1.29 is 5.11 Å². The van der Waals surface area contributed by atoms with Crippen LogP contribution in [0.2, 0.25) is 0 Å². The zero-order chi connectivity index (χ0) is 4.28. The van der Waals surface area contributed by atoms with Crippen LogP contribution in [0.25, 0.3) is 0 Å². The third-order valence-corrected chi connectivity index (χ3v) is 0.406. The summed E-state index contributed by atoms with van der Waals surface area (Å²) >= 11 is 4.53. The van der Waals surface area contributed by atoms with Crippen LogP contribution in [0.5, 0.6) is 0 Å². The molecule has 0 rings (SSSR count). The van der Waals surface area contributed by atoms with Gasteiger partial charge in [0.1, 0.15) is 0 Å². The van der Waals surface area contributed by atoms with Gasteiger partial charge in [-0.05, 0) is 0 Å². The molecule has 0 heterocycles. The fourth-order valence-electron chi connectivity index (χ4n) is 0.